The molecule has 0 fully saturated rings. The van der Waals surface area contributed by atoms with Crippen molar-refractivity contribution in [1.82, 2.24) is 4.90 Å². The van der Waals surface area contributed by atoms with Crippen molar-refractivity contribution in [3.8, 4) is 11.5 Å². The van der Waals surface area contributed by atoms with Crippen molar-refractivity contribution >= 4 is 17.5 Å². The van der Waals surface area contributed by atoms with Gasteiger partial charge in [0.25, 0.3) is 5.91 Å². The molecule has 6 heteroatoms. The molecule has 0 aliphatic heterocycles. The first-order valence-corrected chi connectivity index (χ1v) is 8.87. The number of likely N-dealkylation sites (N-methyl/N-ethyl adjacent to an activating group) is 1. The number of nitrogens with one attached hydrogen (secondary N) is 1. The second-order valence-electron chi connectivity index (χ2n) is 6.29. The molecule has 2 amide bonds. The van der Waals surface area contributed by atoms with E-state index in [1.54, 1.807) is 25.2 Å². The summed E-state index contributed by atoms with van der Waals surface area (Å²) in [6.45, 7) is 4.51. The maximum absolute atomic E-state index is 12.6. The summed E-state index contributed by atoms with van der Waals surface area (Å²) in [4.78, 5) is 26.2. The predicted octanol–water partition coefficient (Wildman–Crippen LogP) is 3.50. The van der Waals surface area contributed by atoms with E-state index < -0.39 is 0 Å². The average Bonchev–Trinajstić information content (AvgIpc) is 2.67. The normalized spacial score (nSPS) is 10.2. The second-order valence-corrected chi connectivity index (χ2v) is 6.29. The lowest BCUT2D eigenvalue weighted by atomic mass is 10.1. The fourth-order valence-corrected chi connectivity index (χ4v) is 2.48. The number of methoxy groups -OCH3 is 1. The molecule has 0 aromatic heterocycles. The van der Waals surface area contributed by atoms with E-state index in [-0.39, 0.29) is 18.4 Å². The third-order valence-corrected chi connectivity index (χ3v) is 3.94. The van der Waals surface area contributed by atoms with Crippen molar-refractivity contribution in [2.75, 3.05) is 32.6 Å². The monoisotopic (exact) mass is 370 g/mol. The Morgan fingerprint density at radius 3 is 2.41 bits per heavy atom. The first kappa shape index (κ1) is 20.3. The Hall–Kier alpha value is -3.02. The summed E-state index contributed by atoms with van der Waals surface area (Å²) < 4.78 is 10.9. The van der Waals surface area contributed by atoms with E-state index in [1.807, 2.05) is 38.1 Å². The van der Waals surface area contributed by atoms with Gasteiger partial charge in [0.15, 0.2) is 11.5 Å². The van der Waals surface area contributed by atoms with Gasteiger partial charge < -0.3 is 19.7 Å². The number of carbonyl (C=O) groups excluding carboxylic acids is 2. The molecule has 2 rings (SSSR count). The Bertz CT molecular complexity index is 787. The predicted molar refractivity (Wildman–Crippen MR) is 106 cm³/mol. The van der Waals surface area contributed by atoms with Crippen LogP contribution in [-0.4, -0.2) is 44.0 Å². The molecule has 2 aromatic carbocycles. The lowest BCUT2D eigenvalue weighted by molar-refractivity contribution is -0.116. The summed E-state index contributed by atoms with van der Waals surface area (Å²) in [7, 11) is 3.12. The number of ether oxygens (including phenoxy) is 2. The number of rotatable bonds is 8. The van der Waals surface area contributed by atoms with Crippen molar-refractivity contribution in [1.29, 1.82) is 0 Å². The molecule has 0 radical (unpaired) electrons. The molecule has 0 spiro atoms. The topological polar surface area (TPSA) is 67.9 Å². The number of carbonyl (C=O) groups is 2. The Labute approximate surface area is 160 Å². The van der Waals surface area contributed by atoms with Gasteiger partial charge in [-0.3, -0.25) is 9.59 Å². The highest BCUT2D eigenvalue weighted by atomic mass is 16.5. The van der Waals surface area contributed by atoms with Gasteiger partial charge in [-0.25, -0.2) is 0 Å². The average molecular weight is 370 g/mol. The molecule has 144 valence electrons. The molecule has 27 heavy (non-hydrogen) atoms. The Balaban J connectivity index is 2.01. The molecule has 2 aromatic rings. The van der Waals surface area contributed by atoms with Gasteiger partial charge in [0.05, 0.1) is 20.3 Å². The SMILES string of the molecule is CCCOc1ccc(C(=O)N(C)CC(=O)Nc2ccc(C)cc2)cc1OC. The molecule has 0 atom stereocenters. The Kier molecular flexibility index (Phi) is 7.23. The Morgan fingerprint density at radius 1 is 1.07 bits per heavy atom. The minimum atomic E-state index is -0.269. The molecule has 0 heterocycles. The third-order valence-electron chi connectivity index (χ3n) is 3.94. The number of benzene rings is 2. The first-order valence-electron chi connectivity index (χ1n) is 8.87. The van der Waals surface area contributed by atoms with E-state index in [0.29, 0.717) is 29.4 Å². The largest absolute Gasteiger partial charge is 0.493 e. The van der Waals surface area contributed by atoms with Gasteiger partial charge in [0.2, 0.25) is 5.91 Å². The van der Waals surface area contributed by atoms with Crippen LogP contribution in [0.5, 0.6) is 11.5 Å². The van der Waals surface area contributed by atoms with Crippen molar-refractivity contribution in [2.45, 2.75) is 20.3 Å². The van der Waals surface area contributed by atoms with Gasteiger partial charge in [0.1, 0.15) is 0 Å². The lowest BCUT2D eigenvalue weighted by Crippen LogP contribution is -2.34. The number of anilines is 1. The summed E-state index contributed by atoms with van der Waals surface area (Å²) in [6.07, 6.45) is 0.878. The van der Waals surface area contributed by atoms with Gasteiger partial charge in [-0.2, -0.15) is 0 Å². The van der Waals surface area contributed by atoms with E-state index in [9.17, 15) is 9.59 Å². The standard InChI is InChI=1S/C21H26N2O4/c1-5-12-27-18-11-8-16(13-19(18)26-4)21(25)23(3)14-20(24)22-17-9-6-15(2)7-10-17/h6-11,13H,5,12,14H2,1-4H3,(H,22,24). The molecule has 0 unspecified atom stereocenters. The van der Waals surface area contributed by atoms with E-state index in [4.69, 9.17) is 9.47 Å². The van der Waals surface area contributed by atoms with E-state index in [1.165, 1.54) is 12.0 Å². The zero-order valence-corrected chi connectivity index (χ0v) is 16.2. The molecule has 6 nitrogen and oxygen atoms in total. The molecule has 0 aliphatic carbocycles. The number of nitrogens with zero attached hydrogens (tertiary/aromatic N) is 1. The van der Waals surface area contributed by atoms with Crippen molar-refractivity contribution in [2.24, 2.45) is 0 Å². The number of hydrogen-bond donors (Lipinski definition) is 1. The summed E-state index contributed by atoms with van der Waals surface area (Å²) in [6, 6.07) is 12.5. The highest BCUT2D eigenvalue weighted by molar-refractivity contribution is 5.99. The van der Waals surface area contributed by atoms with Crippen LogP contribution < -0.4 is 14.8 Å². The number of amides is 2. The molecule has 0 saturated heterocycles. The smallest absolute Gasteiger partial charge is 0.254 e. The summed E-state index contributed by atoms with van der Waals surface area (Å²) in [5, 5.41) is 2.78. The third kappa shape index (κ3) is 5.74. The highest BCUT2D eigenvalue weighted by Gasteiger charge is 2.17. The zero-order chi connectivity index (χ0) is 19.8. The van der Waals surface area contributed by atoms with Crippen LogP contribution in [-0.2, 0) is 4.79 Å². The van der Waals surface area contributed by atoms with Crippen LogP contribution in [0.2, 0.25) is 0 Å². The van der Waals surface area contributed by atoms with Gasteiger partial charge >= 0.3 is 0 Å². The van der Waals surface area contributed by atoms with Crippen molar-refractivity contribution in [3.63, 3.8) is 0 Å². The maximum atomic E-state index is 12.6. The molecule has 0 bridgehead atoms. The summed E-state index contributed by atoms with van der Waals surface area (Å²) >= 11 is 0. The van der Waals surface area contributed by atoms with Crippen molar-refractivity contribution in [3.05, 3.63) is 53.6 Å². The Morgan fingerprint density at radius 2 is 1.78 bits per heavy atom. The number of aryl methyl sites for hydroxylation is 1. The van der Waals surface area contributed by atoms with Crippen LogP contribution >= 0.6 is 0 Å². The van der Waals surface area contributed by atoms with Crippen LogP contribution in [0, 0.1) is 6.92 Å². The van der Waals surface area contributed by atoms with Gasteiger partial charge in [-0.05, 0) is 43.7 Å². The fourth-order valence-electron chi connectivity index (χ4n) is 2.48. The van der Waals surface area contributed by atoms with Crippen molar-refractivity contribution < 1.29 is 19.1 Å². The van der Waals surface area contributed by atoms with Crippen LogP contribution in [0.1, 0.15) is 29.3 Å². The van der Waals surface area contributed by atoms with E-state index >= 15 is 0 Å². The van der Waals surface area contributed by atoms with Gasteiger partial charge in [-0.1, -0.05) is 24.6 Å². The molecule has 0 saturated carbocycles. The zero-order valence-electron chi connectivity index (χ0n) is 16.2. The van der Waals surface area contributed by atoms with E-state index in [2.05, 4.69) is 5.32 Å². The summed E-state index contributed by atoms with van der Waals surface area (Å²) in [5.74, 6) is 0.557. The highest BCUT2D eigenvalue weighted by Crippen LogP contribution is 2.28. The second kappa shape index (κ2) is 9.62. The van der Waals surface area contributed by atoms with Gasteiger partial charge in [-0.15, -0.1) is 0 Å². The van der Waals surface area contributed by atoms with Crippen LogP contribution in [0.15, 0.2) is 42.5 Å². The fraction of sp³-hybridized carbons (Fsp3) is 0.333. The van der Waals surface area contributed by atoms with Crippen LogP contribution in [0.3, 0.4) is 0 Å². The van der Waals surface area contributed by atoms with E-state index in [0.717, 1.165) is 12.0 Å². The molecular weight excluding hydrogens is 344 g/mol. The minimum absolute atomic E-state index is 0.0525. The summed E-state index contributed by atoms with van der Waals surface area (Å²) in [5.41, 5.74) is 2.24. The quantitative estimate of drug-likeness (QED) is 0.772. The molecule has 1 N–H and O–H groups in total. The minimum Gasteiger partial charge on any atom is -0.493 e. The maximum Gasteiger partial charge on any atom is 0.254 e. The van der Waals surface area contributed by atoms with Crippen LogP contribution in [0.25, 0.3) is 0 Å². The lowest BCUT2D eigenvalue weighted by Gasteiger charge is -2.18. The molecular formula is C21H26N2O4. The first-order chi connectivity index (χ1) is 12.9. The van der Waals surface area contributed by atoms with Crippen LogP contribution in [0.4, 0.5) is 5.69 Å². The van der Waals surface area contributed by atoms with Gasteiger partial charge in [0, 0.05) is 18.3 Å². The number of hydrogen-bond acceptors (Lipinski definition) is 4. The molecule has 0 aliphatic rings.